The van der Waals surface area contributed by atoms with E-state index in [4.69, 9.17) is 9.15 Å². The van der Waals surface area contributed by atoms with Crippen molar-refractivity contribution in [3.05, 3.63) is 70.2 Å². The van der Waals surface area contributed by atoms with Gasteiger partial charge in [-0.2, -0.15) is 0 Å². The van der Waals surface area contributed by atoms with Crippen molar-refractivity contribution >= 4 is 33.5 Å². The number of para-hydroxylation sites is 1. The van der Waals surface area contributed by atoms with Gasteiger partial charge in [0.05, 0.1) is 23.7 Å². The van der Waals surface area contributed by atoms with Crippen molar-refractivity contribution in [2.45, 2.75) is 6.92 Å². The fraction of sp³-hybridized carbons (Fsp3) is 0.182. The van der Waals surface area contributed by atoms with Crippen LogP contribution in [0, 0.1) is 6.92 Å². The Kier molecular flexibility index (Phi) is 4.19. The molecular formula is C22H20N2O4. The van der Waals surface area contributed by atoms with Gasteiger partial charge in [0.2, 0.25) is 0 Å². The summed E-state index contributed by atoms with van der Waals surface area (Å²) in [4.78, 5) is 27.3. The summed E-state index contributed by atoms with van der Waals surface area (Å²) in [6.45, 7) is 1.95. The van der Waals surface area contributed by atoms with Gasteiger partial charge in [-0.15, -0.1) is 0 Å². The molecule has 0 saturated carbocycles. The van der Waals surface area contributed by atoms with Crippen LogP contribution in [0.5, 0.6) is 5.75 Å². The van der Waals surface area contributed by atoms with E-state index in [-0.39, 0.29) is 5.91 Å². The molecule has 0 radical (unpaired) electrons. The number of aryl methyl sites for hydroxylation is 2. The van der Waals surface area contributed by atoms with E-state index >= 15 is 0 Å². The van der Waals surface area contributed by atoms with Crippen LogP contribution >= 0.6 is 0 Å². The fourth-order valence-electron chi connectivity index (χ4n) is 3.54. The van der Waals surface area contributed by atoms with E-state index in [9.17, 15) is 9.59 Å². The molecule has 0 aliphatic carbocycles. The predicted molar refractivity (Wildman–Crippen MR) is 109 cm³/mol. The van der Waals surface area contributed by atoms with Crippen LogP contribution in [0.25, 0.3) is 21.9 Å². The zero-order chi connectivity index (χ0) is 20.0. The van der Waals surface area contributed by atoms with Crippen LogP contribution in [0.3, 0.4) is 0 Å². The van der Waals surface area contributed by atoms with Crippen molar-refractivity contribution < 1.29 is 13.9 Å². The van der Waals surface area contributed by atoms with E-state index in [1.165, 1.54) is 4.90 Å². The van der Waals surface area contributed by atoms with E-state index in [1.54, 1.807) is 37.9 Å². The maximum absolute atomic E-state index is 13.3. The standard InChI is InChI=1S/C22H20N2O4/c1-13-9-10-19(27-4)16(11-13)24(3)21(25)17-12-15-20(23(17)2)14-7-5-6-8-18(14)28-22(15)26/h5-12H,1-4H3. The third kappa shape index (κ3) is 2.65. The second kappa shape index (κ2) is 6.56. The summed E-state index contributed by atoms with van der Waals surface area (Å²) < 4.78 is 12.6. The lowest BCUT2D eigenvalue weighted by atomic mass is 10.2. The Bertz CT molecular complexity index is 1280. The summed E-state index contributed by atoms with van der Waals surface area (Å²) in [6.07, 6.45) is 0. The SMILES string of the molecule is COc1ccc(C)cc1N(C)C(=O)c1cc2c(=O)oc3ccccc3c2n1C. The summed E-state index contributed by atoms with van der Waals surface area (Å²) in [5.41, 5.74) is 2.78. The first-order chi connectivity index (χ1) is 13.4. The van der Waals surface area contributed by atoms with Crippen LogP contribution in [0.2, 0.25) is 0 Å². The lowest BCUT2D eigenvalue weighted by Gasteiger charge is -2.21. The van der Waals surface area contributed by atoms with Gasteiger partial charge >= 0.3 is 5.63 Å². The highest BCUT2D eigenvalue weighted by Crippen LogP contribution is 2.31. The largest absolute Gasteiger partial charge is 0.495 e. The number of methoxy groups -OCH3 is 1. The average Bonchev–Trinajstić information content (AvgIpc) is 3.05. The molecule has 4 aromatic rings. The van der Waals surface area contributed by atoms with Crippen molar-refractivity contribution in [1.82, 2.24) is 4.57 Å². The number of fused-ring (bicyclic) bond motifs is 3. The van der Waals surface area contributed by atoms with Gasteiger partial charge in [-0.25, -0.2) is 4.79 Å². The number of anilines is 1. The highest BCUT2D eigenvalue weighted by Gasteiger charge is 2.23. The molecule has 0 fully saturated rings. The Hall–Kier alpha value is -3.54. The van der Waals surface area contributed by atoms with Crippen molar-refractivity contribution in [2.75, 3.05) is 19.1 Å². The molecule has 4 rings (SSSR count). The summed E-state index contributed by atoms with van der Waals surface area (Å²) in [6, 6.07) is 14.5. The minimum absolute atomic E-state index is 0.244. The molecule has 6 nitrogen and oxygen atoms in total. The predicted octanol–water partition coefficient (Wildman–Crippen LogP) is 3.88. The molecule has 0 bridgehead atoms. The molecule has 28 heavy (non-hydrogen) atoms. The molecule has 1 amide bonds. The second-order valence-electron chi connectivity index (χ2n) is 6.78. The molecule has 0 spiro atoms. The zero-order valence-electron chi connectivity index (χ0n) is 16.1. The number of nitrogens with zero attached hydrogens (tertiary/aromatic N) is 2. The Morgan fingerprint density at radius 2 is 1.86 bits per heavy atom. The monoisotopic (exact) mass is 376 g/mol. The minimum atomic E-state index is -0.459. The number of aromatic nitrogens is 1. The van der Waals surface area contributed by atoms with Gasteiger partial charge in [0.25, 0.3) is 5.91 Å². The first-order valence-corrected chi connectivity index (χ1v) is 8.86. The highest BCUT2D eigenvalue weighted by atomic mass is 16.5. The Morgan fingerprint density at radius 1 is 1.11 bits per heavy atom. The van der Waals surface area contributed by atoms with E-state index < -0.39 is 5.63 Å². The molecular weight excluding hydrogens is 356 g/mol. The number of hydrogen-bond donors (Lipinski definition) is 0. The molecule has 0 unspecified atom stereocenters. The first-order valence-electron chi connectivity index (χ1n) is 8.86. The third-order valence-electron chi connectivity index (χ3n) is 5.02. The lowest BCUT2D eigenvalue weighted by Crippen LogP contribution is -2.28. The number of ether oxygens (including phenoxy) is 1. The van der Waals surface area contributed by atoms with Gasteiger partial charge in [-0.05, 0) is 42.8 Å². The van der Waals surface area contributed by atoms with Crippen LogP contribution in [0.4, 0.5) is 5.69 Å². The summed E-state index contributed by atoms with van der Waals surface area (Å²) >= 11 is 0. The van der Waals surface area contributed by atoms with Crippen molar-refractivity contribution in [3.8, 4) is 5.75 Å². The molecule has 2 heterocycles. The van der Waals surface area contributed by atoms with Crippen LogP contribution in [0.15, 0.2) is 57.7 Å². The first kappa shape index (κ1) is 17.9. The van der Waals surface area contributed by atoms with Crippen molar-refractivity contribution in [3.63, 3.8) is 0 Å². The minimum Gasteiger partial charge on any atom is -0.495 e. The van der Waals surface area contributed by atoms with E-state index in [2.05, 4.69) is 0 Å². The Balaban J connectivity index is 1.90. The van der Waals surface area contributed by atoms with Crippen LogP contribution in [0.1, 0.15) is 16.1 Å². The number of carbonyl (C=O) groups excluding carboxylic acids is 1. The average molecular weight is 376 g/mol. The van der Waals surface area contributed by atoms with Gasteiger partial charge < -0.3 is 18.6 Å². The topological polar surface area (TPSA) is 64.7 Å². The number of rotatable bonds is 3. The molecule has 0 aliphatic rings. The molecule has 0 N–H and O–H groups in total. The smallest absolute Gasteiger partial charge is 0.345 e. The highest BCUT2D eigenvalue weighted by molar-refractivity contribution is 6.11. The van der Waals surface area contributed by atoms with Crippen LogP contribution in [-0.4, -0.2) is 24.6 Å². The maximum atomic E-state index is 13.3. The number of carbonyl (C=O) groups is 1. The molecule has 0 atom stereocenters. The molecule has 142 valence electrons. The van der Waals surface area contributed by atoms with Crippen LogP contribution in [-0.2, 0) is 7.05 Å². The molecule has 6 heteroatoms. The van der Waals surface area contributed by atoms with Crippen molar-refractivity contribution in [2.24, 2.45) is 7.05 Å². The molecule has 0 saturated heterocycles. The quantitative estimate of drug-likeness (QED) is 0.509. The van der Waals surface area contributed by atoms with Gasteiger partial charge in [0.1, 0.15) is 17.0 Å². The van der Waals surface area contributed by atoms with Gasteiger partial charge in [0.15, 0.2) is 0 Å². The maximum Gasteiger partial charge on any atom is 0.345 e. The van der Waals surface area contributed by atoms with Crippen molar-refractivity contribution in [1.29, 1.82) is 0 Å². The zero-order valence-corrected chi connectivity index (χ0v) is 16.1. The van der Waals surface area contributed by atoms with E-state index in [0.717, 1.165) is 10.9 Å². The summed E-state index contributed by atoms with van der Waals surface area (Å²) in [5, 5.41) is 1.17. The van der Waals surface area contributed by atoms with Gasteiger partial charge in [0, 0.05) is 19.5 Å². The Morgan fingerprint density at radius 3 is 2.61 bits per heavy atom. The third-order valence-corrected chi connectivity index (χ3v) is 5.02. The number of hydrogen-bond acceptors (Lipinski definition) is 4. The van der Waals surface area contributed by atoms with Gasteiger partial charge in [-0.3, -0.25) is 4.79 Å². The fourth-order valence-corrected chi connectivity index (χ4v) is 3.54. The molecule has 2 aromatic heterocycles. The van der Waals surface area contributed by atoms with E-state index in [1.807, 2.05) is 43.3 Å². The van der Waals surface area contributed by atoms with Crippen LogP contribution < -0.4 is 15.3 Å². The molecule has 2 aromatic carbocycles. The van der Waals surface area contributed by atoms with Gasteiger partial charge in [-0.1, -0.05) is 18.2 Å². The normalized spacial score (nSPS) is 11.1. The Labute approximate surface area is 161 Å². The van der Waals surface area contributed by atoms with E-state index in [0.29, 0.717) is 33.6 Å². The summed E-state index contributed by atoms with van der Waals surface area (Å²) in [5.74, 6) is 0.358. The number of amides is 1. The number of benzene rings is 2. The molecule has 0 aliphatic heterocycles. The second-order valence-corrected chi connectivity index (χ2v) is 6.78. The summed E-state index contributed by atoms with van der Waals surface area (Å²) in [7, 11) is 5.04. The lowest BCUT2D eigenvalue weighted by molar-refractivity contribution is 0.0985.